The lowest BCUT2D eigenvalue weighted by atomic mass is 9.81. The maximum Gasteiger partial charge on any atom is 0.100 e. The molecule has 21 heavy (non-hydrogen) atoms. The van der Waals surface area contributed by atoms with Gasteiger partial charge in [0.15, 0.2) is 0 Å². The minimum Gasteiger partial charge on any atom is -0.376 e. The summed E-state index contributed by atoms with van der Waals surface area (Å²) in [5, 5.41) is 3.54. The summed E-state index contributed by atoms with van der Waals surface area (Å²) in [7, 11) is 0. The first-order valence-electron chi connectivity index (χ1n) is 8.11. The van der Waals surface area contributed by atoms with Gasteiger partial charge in [0.1, 0.15) is 6.10 Å². The lowest BCUT2D eigenvalue weighted by Crippen LogP contribution is -2.40. The molecule has 0 spiro atoms. The molecule has 0 saturated carbocycles. The van der Waals surface area contributed by atoms with Gasteiger partial charge in [0.05, 0.1) is 25.9 Å². The van der Waals surface area contributed by atoms with Crippen LogP contribution in [0.1, 0.15) is 51.3 Å². The van der Waals surface area contributed by atoms with Gasteiger partial charge in [0, 0.05) is 0 Å². The number of nitrogens with one attached hydrogen (secondary N) is 1. The van der Waals surface area contributed by atoms with Crippen LogP contribution in [0.25, 0.3) is 0 Å². The predicted octanol–water partition coefficient (Wildman–Crippen LogP) is 3.44. The second-order valence-corrected chi connectivity index (χ2v) is 6.38. The summed E-state index contributed by atoms with van der Waals surface area (Å²) in [6.45, 7) is 11.9. The van der Waals surface area contributed by atoms with E-state index in [0.29, 0.717) is 19.8 Å². The van der Waals surface area contributed by atoms with Gasteiger partial charge in [-0.3, -0.25) is 0 Å². The molecule has 3 nitrogen and oxygen atoms in total. The first kappa shape index (κ1) is 16.5. The fraction of sp³-hybridized carbons (Fsp3) is 0.667. The molecule has 1 saturated heterocycles. The lowest BCUT2D eigenvalue weighted by molar-refractivity contribution is -0.102. The summed E-state index contributed by atoms with van der Waals surface area (Å²) in [5.74, 6) is 0. The fourth-order valence-corrected chi connectivity index (χ4v) is 2.73. The molecule has 1 heterocycles. The third-order valence-electron chi connectivity index (χ3n) is 4.57. The van der Waals surface area contributed by atoms with Crippen molar-refractivity contribution in [3.63, 3.8) is 0 Å². The second-order valence-electron chi connectivity index (χ2n) is 6.38. The molecule has 1 aromatic rings. The van der Waals surface area contributed by atoms with Gasteiger partial charge >= 0.3 is 0 Å². The zero-order valence-corrected chi connectivity index (χ0v) is 13.8. The van der Waals surface area contributed by atoms with E-state index in [4.69, 9.17) is 9.47 Å². The van der Waals surface area contributed by atoms with E-state index >= 15 is 0 Å². The highest BCUT2D eigenvalue weighted by Crippen LogP contribution is 2.29. The highest BCUT2D eigenvalue weighted by atomic mass is 16.6. The zero-order valence-electron chi connectivity index (χ0n) is 13.8. The Bertz CT molecular complexity index is 421. The Kier molecular flexibility index (Phi) is 5.80. The molecule has 3 heteroatoms. The molecule has 2 atom stereocenters. The van der Waals surface area contributed by atoms with Crippen molar-refractivity contribution in [3.8, 4) is 0 Å². The second kappa shape index (κ2) is 7.39. The maximum absolute atomic E-state index is 5.88. The average Bonchev–Trinajstić information content (AvgIpc) is 2.53. The highest BCUT2D eigenvalue weighted by molar-refractivity contribution is 5.30. The molecule has 1 aliphatic heterocycles. The molecule has 1 N–H and O–H groups in total. The topological polar surface area (TPSA) is 30.5 Å². The van der Waals surface area contributed by atoms with Crippen LogP contribution in [0.3, 0.4) is 0 Å². The standard InChI is InChI=1S/C18H29NO2/c1-5-18(3,4)15-9-7-14(8-10-15)17(19-6-2)16-13-20-11-12-21-16/h7-10,16-17,19H,5-6,11-13H2,1-4H3. The third kappa shape index (κ3) is 4.06. The molecule has 0 radical (unpaired) electrons. The molecule has 0 amide bonds. The summed E-state index contributed by atoms with van der Waals surface area (Å²) in [5.41, 5.74) is 2.91. The first-order chi connectivity index (χ1) is 10.1. The molecular formula is C18H29NO2. The summed E-state index contributed by atoms with van der Waals surface area (Å²) >= 11 is 0. The van der Waals surface area contributed by atoms with Gasteiger partial charge in [0.2, 0.25) is 0 Å². The summed E-state index contributed by atoms with van der Waals surface area (Å²) < 4.78 is 11.4. The molecule has 0 aliphatic carbocycles. The van der Waals surface area contributed by atoms with Crippen LogP contribution in [0.4, 0.5) is 0 Å². The Hall–Kier alpha value is -0.900. The van der Waals surface area contributed by atoms with Crippen LogP contribution in [0.15, 0.2) is 24.3 Å². The van der Waals surface area contributed by atoms with Crippen LogP contribution < -0.4 is 5.32 Å². The van der Waals surface area contributed by atoms with Crippen molar-refractivity contribution in [3.05, 3.63) is 35.4 Å². The SMILES string of the molecule is CCNC(c1ccc(C(C)(C)CC)cc1)C1COCCO1. The summed E-state index contributed by atoms with van der Waals surface area (Å²) in [6, 6.07) is 9.18. The molecule has 118 valence electrons. The number of ether oxygens (including phenoxy) is 2. The van der Waals surface area contributed by atoms with Gasteiger partial charge in [-0.2, -0.15) is 0 Å². The first-order valence-corrected chi connectivity index (χ1v) is 8.11. The van der Waals surface area contributed by atoms with Crippen LogP contribution in [0, 0.1) is 0 Å². The minimum absolute atomic E-state index is 0.101. The van der Waals surface area contributed by atoms with Gasteiger partial charge in [-0.25, -0.2) is 0 Å². The smallest absolute Gasteiger partial charge is 0.100 e. The van der Waals surface area contributed by atoms with Crippen LogP contribution in [0.2, 0.25) is 0 Å². The van der Waals surface area contributed by atoms with Gasteiger partial charge < -0.3 is 14.8 Å². The normalized spacial score (nSPS) is 21.2. The van der Waals surface area contributed by atoms with Gasteiger partial charge in [-0.05, 0) is 29.5 Å². The van der Waals surface area contributed by atoms with Gasteiger partial charge in [-0.1, -0.05) is 52.0 Å². The number of likely N-dealkylation sites (N-methyl/N-ethyl adjacent to an activating group) is 1. The Labute approximate surface area is 129 Å². The minimum atomic E-state index is 0.101. The largest absolute Gasteiger partial charge is 0.376 e. The van der Waals surface area contributed by atoms with E-state index in [2.05, 4.69) is 57.3 Å². The Balaban J connectivity index is 2.16. The van der Waals surface area contributed by atoms with E-state index in [1.807, 2.05) is 0 Å². The zero-order chi connectivity index (χ0) is 15.3. The summed E-state index contributed by atoms with van der Waals surface area (Å²) in [6.07, 6.45) is 1.24. The molecule has 1 fully saturated rings. The van der Waals surface area contributed by atoms with E-state index < -0.39 is 0 Å². The van der Waals surface area contributed by atoms with Crippen LogP contribution in [0.5, 0.6) is 0 Å². The number of benzene rings is 1. The molecule has 0 bridgehead atoms. The predicted molar refractivity (Wildman–Crippen MR) is 86.7 cm³/mol. The summed E-state index contributed by atoms with van der Waals surface area (Å²) in [4.78, 5) is 0. The van der Waals surface area contributed by atoms with Crippen molar-refractivity contribution in [2.24, 2.45) is 0 Å². The van der Waals surface area contributed by atoms with Crippen LogP contribution >= 0.6 is 0 Å². The van der Waals surface area contributed by atoms with E-state index in [-0.39, 0.29) is 17.6 Å². The Morgan fingerprint density at radius 2 is 1.90 bits per heavy atom. The van der Waals surface area contributed by atoms with Crippen molar-refractivity contribution >= 4 is 0 Å². The molecule has 2 unspecified atom stereocenters. The van der Waals surface area contributed by atoms with E-state index in [1.54, 1.807) is 0 Å². The maximum atomic E-state index is 5.88. The Morgan fingerprint density at radius 3 is 2.43 bits per heavy atom. The van der Waals surface area contributed by atoms with E-state index in [9.17, 15) is 0 Å². The molecule has 0 aromatic heterocycles. The van der Waals surface area contributed by atoms with Gasteiger partial charge in [-0.15, -0.1) is 0 Å². The molecule has 1 aliphatic rings. The van der Waals surface area contributed by atoms with Crippen molar-refractivity contribution < 1.29 is 9.47 Å². The van der Waals surface area contributed by atoms with Crippen molar-refractivity contribution in [2.45, 2.75) is 51.7 Å². The van der Waals surface area contributed by atoms with E-state index in [0.717, 1.165) is 13.0 Å². The Morgan fingerprint density at radius 1 is 1.19 bits per heavy atom. The average molecular weight is 291 g/mol. The third-order valence-corrected chi connectivity index (χ3v) is 4.57. The fourth-order valence-electron chi connectivity index (χ4n) is 2.73. The number of rotatable bonds is 6. The van der Waals surface area contributed by atoms with Crippen LogP contribution in [-0.4, -0.2) is 32.5 Å². The monoisotopic (exact) mass is 291 g/mol. The number of hydrogen-bond donors (Lipinski definition) is 1. The quantitative estimate of drug-likeness (QED) is 0.871. The van der Waals surface area contributed by atoms with E-state index in [1.165, 1.54) is 11.1 Å². The van der Waals surface area contributed by atoms with Crippen LogP contribution in [-0.2, 0) is 14.9 Å². The number of hydrogen-bond acceptors (Lipinski definition) is 3. The molecule has 1 aromatic carbocycles. The van der Waals surface area contributed by atoms with Crippen molar-refractivity contribution in [2.75, 3.05) is 26.4 Å². The molecular weight excluding hydrogens is 262 g/mol. The van der Waals surface area contributed by atoms with Gasteiger partial charge in [0.25, 0.3) is 0 Å². The lowest BCUT2D eigenvalue weighted by Gasteiger charge is -2.32. The van der Waals surface area contributed by atoms with Crippen molar-refractivity contribution in [1.82, 2.24) is 5.32 Å². The van der Waals surface area contributed by atoms with Crippen molar-refractivity contribution in [1.29, 1.82) is 0 Å². The highest BCUT2D eigenvalue weighted by Gasteiger charge is 2.26. The molecule has 2 rings (SSSR count).